The number of imidazole rings is 1. The van der Waals surface area contributed by atoms with Crippen molar-refractivity contribution in [1.82, 2.24) is 19.6 Å². The SMILES string of the molecule is O=C1CCC(C(=O)N2CCC(c3ccccc3)(c3cn4cc(Cl)ccc4n3)CC2)N1. The van der Waals surface area contributed by atoms with Crippen LogP contribution in [-0.4, -0.2) is 45.2 Å². The molecule has 6 nitrogen and oxygen atoms in total. The van der Waals surface area contributed by atoms with Gasteiger partial charge in [0.2, 0.25) is 11.8 Å². The van der Waals surface area contributed by atoms with Gasteiger partial charge in [0, 0.05) is 37.3 Å². The second-order valence-corrected chi connectivity index (χ2v) is 8.61. The minimum Gasteiger partial charge on any atom is -0.344 e. The predicted molar refractivity (Wildman–Crippen MR) is 114 cm³/mol. The second-order valence-electron chi connectivity index (χ2n) is 8.17. The highest BCUT2D eigenvalue weighted by Gasteiger charge is 2.42. The molecule has 2 amide bonds. The van der Waals surface area contributed by atoms with Crippen LogP contribution in [0.5, 0.6) is 0 Å². The van der Waals surface area contributed by atoms with Crippen LogP contribution in [-0.2, 0) is 15.0 Å². The van der Waals surface area contributed by atoms with Crippen LogP contribution >= 0.6 is 11.6 Å². The molecule has 7 heteroatoms. The number of carbonyl (C=O) groups excluding carboxylic acids is 2. The normalized spacial score (nSPS) is 21.0. The number of amides is 2. The van der Waals surface area contributed by atoms with Gasteiger partial charge in [-0.2, -0.15) is 0 Å². The molecule has 2 saturated heterocycles. The van der Waals surface area contributed by atoms with Gasteiger partial charge in [0.15, 0.2) is 0 Å². The molecule has 2 aliphatic heterocycles. The molecule has 1 atom stereocenters. The third-order valence-corrected chi connectivity index (χ3v) is 6.68. The Morgan fingerprint density at radius 1 is 1.10 bits per heavy atom. The zero-order valence-corrected chi connectivity index (χ0v) is 17.3. The second kappa shape index (κ2) is 7.43. The van der Waals surface area contributed by atoms with E-state index in [1.807, 2.05) is 33.7 Å². The highest BCUT2D eigenvalue weighted by atomic mass is 35.5. The first-order valence-electron chi connectivity index (χ1n) is 10.3. The summed E-state index contributed by atoms with van der Waals surface area (Å²) in [5.74, 6) is -0.00310. The maximum Gasteiger partial charge on any atom is 0.245 e. The van der Waals surface area contributed by atoms with Crippen molar-refractivity contribution in [3.8, 4) is 0 Å². The first-order valence-corrected chi connectivity index (χ1v) is 10.7. The van der Waals surface area contributed by atoms with Crippen molar-refractivity contribution in [2.45, 2.75) is 37.1 Å². The number of likely N-dealkylation sites (tertiary alicyclic amines) is 1. The van der Waals surface area contributed by atoms with Crippen LogP contribution in [0.4, 0.5) is 0 Å². The monoisotopic (exact) mass is 422 g/mol. The van der Waals surface area contributed by atoms with E-state index in [-0.39, 0.29) is 23.3 Å². The minimum absolute atomic E-state index is 0.0318. The lowest BCUT2D eigenvalue weighted by Crippen LogP contribution is -2.51. The number of aromatic nitrogens is 2. The molecule has 4 heterocycles. The van der Waals surface area contributed by atoms with Crippen molar-refractivity contribution < 1.29 is 9.59 Å². The smallest absolute Gasteiger partial charge is 0.245 e. The van der Waals surface area contributed by atoms with Crippen molar-refractivity contribution in [3.63, 3.8) is 0 Å². The van der Waals surface area contributed by atoms with Crippen LogP contribution in [0, 0.1) is 0 Å². The van der Waals surface area contributed by atoms with Gasteiger partial charge in [0.1, 0.15) is 11.7 Å². The van der Waals surface area contributed by atoms with E-state index in [4.69, 9.17) is 16.6 Å². The van der Waals surface area contributed by atoms with Crippen molar-refractivity contribution >= 4 is 29.1 Å². The van der Waals surface area contributed by atoms with Crippen molar-refractivity contribution in [2.75, 3.05) is 13.1 Å². The summed E-state index contributed by atoms with van der Waals surface area (Å²) in [6, 6.07) is 13.8. The average Bonchev–Trinajstić information content (AvgIpc) is 3.40. The standard InChI is InChI=1S/C23H23ClN4O2/c24-17-6-8-20-26-19(15-28(20)14-17)23(16-4-2-1-3-5-16)10-12-27(13-11-23)22(30)18-7-9-21(29)25-18/h1-6,8,14-15,18H,7,9-13H2,(H,25,29). The van der Waals surface area contributed by atoms with Gasteiger partial charge in [-0.1, -0.05) is 41.9 Å². The minimum atomic E-state index is -0.376. The van der Waals surface area contributed by atoms with E-state index in [1.54, 1.807) is 0 Å². The molecule has 3 aromatic rings. The summed E-state index contributed by atoms with van der Waals surface area (Å²) in [4.78, 5) is 31.2. The lowest BCUT2D eigenvalue weighted by molar-refractivity contribution is -0.135. The molecule has 2 aliphatic rings. The zero-order chi connectivity index (χ0) is 20.7. The Kier molecular flexibility index (Phi) is 4.74. The summed E-state index contributed by atoms with van der Waals surface area (Å²) < 4.78 is 1.97. The molecule has 1 aromatic carbocycles. The molecule has 0 bridgehead atoms. The van der Waals surface area contributed by atoms with Crippen LogP contribution in [0.2, 0.25) is 5.02 Å². The Hall–Kier alpha value is -2.86. The Morgan fingerprint density at radius 2 is 1.87 bits per heavy atom. The molecule has 0 spiro atoms. The number of nitrogens with one attached hydrogen (secondary N) is 1. The number of hydrogen-bond donors (Lipinski definition) is 1. The van der Waals surface area contributed by atoms with Crippen LogP contribution in [0.3, 0.4) is 0 Å². The summed E-state index contributed by atoms with van der Waals surface area (Å²) in [7, 11) is 0. The van der Waals surface area contributed by atoms with Crippen molar-refractivity contribution in [1.29, 1.82) is 0 Å². The van der Waals surface area contributed by atoms with E-state index in [0.29, 0.717) is 31.0 Å². The number of rotatable bonds is 3. The van der Waals surface area contributed by atoms with E-state index >= 15 is 0 Å². The quantitative estimate of drug-likeness (QED) is 0.705. The average molecular weight is 423 g/mol. The van der Waals surface area contributed by atoms with Crippen LogP contribution in [0.25, 0.3) is 5.65 Å². The fourth-order valence-electron chi connectivity index (χ4n) is 4.77. The van der Waals surface area contributed by atoms with E-state index in [9.17, 15) is 9.59 Å². The maximum atomic E-state index is 12.9. The topological polar surface area (TPSA) is 66.7 Å². The molecule has 0 saturated carbocycles. The highest BCUT2D eigenvalue weighted by molar-refractivity contribution is 6.30. The van der Waals surface area contributed by atoms with E-state index in [1.165, 1.54) is 5.56 Å². The number of piperidine rings is 1. The summed E-state index contributed by atoms with van der Waals surface area (Å²) in [6.45, 7) is 1.27. The Morgan fingerprint density at radius 3 is 2.57 bits per heavy atom. The third kappa shape index (κ3) is 3.25. The highest BCUT2D eigenvalue weighted by Crippen LogP contribution is 2.41. The molecule has 2 fully saturated rings. The van der Waals surface area contributed by atoms with Crippen molar-refractivity contribution in [3.05, 3.63) is 71.1 Å². The van der Waals surface area contributed by atoms with Crippen molar-refractivity contribution in [2.24, 2.45) is 0 Å². The summed E-state index contributed by atoms with van der Waals surface area (Å²) in [5, 5.41) is 3.47. The Labute approximate surface area is 179 Å². The lowest BCUT2D eigenvalue weighted by Gasteiger charge is -2.42. The van der Waals surface area contributed by atoms with Gasteiger partial charge < -0.3 is 14.6 Å². The number of carbonyl (C=O) groups is 2. The molecule has 0 aliphatic carbocycles. The molecule has 2 aromatic heterocycles. The van der Waals surface area contributed by atoms with Gasteiger partial charge in [-0.25, -0.2) is 4.98 Å². The molecule has 1 N–H and O–H groups in total. The molecule has 0 radical (unpaired) electrons. The van der Waals surface area contributed by atoms with Gasteiger partial charge in [-0.05, 0) is 37.0 Å². The number of halogens is 1. The van der Waals surface area contributed by atoms with E-state index < -0.39 is 0 Å². The Bertz CT molecular complexity index is 1100. The van der Waals surface area contributed by atoms with Crippen LogP contribution < -0.4 is 5.32 Å². The van der Waals surface area contributed by atoms with Crippen LogP contribution in [0.15, 0.2) is 54.9 Å². The maximum absolute atomic E-state index is 12.9. The zero-order valence-electron chi connectivity index (χ0n) is 16.6. The van der Waals surface area contributed by atoms with E-state index in [2.05, 4.69) is 35.8 Å². The van der Waals surface area contributed by atoms with Gasteiger partial charge in [0.25, 0.3) is 0 Å². The fourth-order valence-corrected chi connectivity index (χ4v) is 4.94. The van der Waals surface area contributed by atoms with Gasteiger partial charge in [0.05, 0.1) is 10.7 Å². The molecular weight excluding hydrogens is 400 g/mol. The van der Waals surface area contributed by atoms with Crippen LogP contribution in [0.1, 0.15) is 36.9 Å². The van der Waals surface area contributed by atoms with Gasteiger partial charge in [-0.15, -0.1) is 0 Å². The number of fused-ring (bicyclic) bond motifs is 1. The number of hydrogen-bond acceptors (Lipinski definition) is 3. The Balaban J connectivity index is 1.47. The third-order valence-electron chi connectivity index (χ3n) is 6.45. The lowest BCUT2D eigenvalue weighted by atomic mass is 9.70. The number of pyridine rings is 1. The summed E-state index contributed by atoms with van der Waals surface area (Å²) in [6.07, 6.45) is 6.51. The number of benzene rings is 1. The molecule has 154 valence electrons. The first-order chi connectivity index (χ1) is 14.5. The van der Waals surface area contributed by atoms with Gasteiger partial charge >= 0.3 is 0 Å². The first kappa shape index (κ1) is 19.1. The fraction of sp³-hybridized carbons (Fsp3) is 0.348. The van der Waals surface area contributed by atoms with Gasteiger partial charge in [-0.3, -0.25) is 9.59 Å². The largest absolute Gasteiger partial charge is 0.344 e. The molecule has 5 rings (SSSR count). The summed E-state index contributed by atoms with van der Waals surface area (Å²) >= 11 is 6.17. The summed E-state index contributed by atoms with van der Waals surface area (Å²) in [5.41, 5.74) is 2.80. The van der Waals surface area contributed by atoms with E-state index in [0.717, 1.165) is 24.2 Å². The molecular formula is C23H23ClN4O2. The molecule has 1 unspecified atom stereocenters. The molecule has 30 heavy (non-hydrogen) atoms. The number of nitrogens with zero attached hydrogens (tertiary/aromatic N) is 3. The predicted octanol–water partition coefficient (Wildman–Crippen LogP) is 3.17.